The highest BCUT2D eigenvalue weighted by Gasteiger charge is 2.27. The number of halogens is 2. The fourth-order valence-electron chi connectivity index (χ4n) is 2.52. The molecule has 0 bridgehead atoms. The van der Waals surface area contributed by atoms with Gasteiger partial charge >= 0.3 is 0 Å². The summed E-state index contributed by atoms with van der Waals surface area (Å²) in [5.74, 6) is 1.05. The number of nitrogens with zero attached hydrogens (tertiary/aromatic N) is 1. The second-order valence-electron chi connectivity index (χ2n) is 4.62. The van der Waals surface area contributed by atoms with E-state index in [1.807, 2.05) is 12.1 Å². The minimum atomic E-state index is -0.146. The van der Waals surface area contributed by atoms with Crippen LogP contribution >= 0.6 is 15.9 Å². The Balaban J connectivity index is 2.15. The highest BCUT2D eigenvalue weighted by molar-refractivity contribution is 9.09. The van der Waals surface area contributed by atoms with Gasteiger partial charge < -0.3 is 4.90 Å². The molecule has 1 aliphatic heterocycles. The van der Waals surface area contributed by atoms with Gasteiger partial charge in [-0.25, -0.2) is 4.39 Å². The van der Waals surface area contributed by atoms with E-state index >= 15 is 0 Å². The maximum Gasteiger partial charge on any atom is 0.123 e. The predicted molar refractivity (Wildman–Crippen MR) is 68.5 cm³/mol. The number of piperidine rings is 1. The molecule has 1 nitrogen and oxygen atoms in total. The van der Waals surface area contributed by atoms with Gasteiger partial charge in [-0.3, -0.25) is 0 Å². The van der Waals surface area contributed by atoms with Crippen LogP contribution in [0.15, 0.2) is 24.3 Å². The average molecular weight is 286 g/mol. The van der Waals surface area contributed by atoms with Gasteiger partial charge in [0.25, 0.3) is 0 Å². The quantitative estimate of drug-likeness (QED) is 0.754. The molecule has 1 aliphatic rings. The van der Waals surface area contributed by atoms with Crippen LogP contribution in [0.1, 0.15) is 17.9 Å². The van der Waals surface area contributed by atoms with E-state index in [2.05, 4.69) is 27.9 Å². The van der Waals surface area contributed by atoms with Gasteiger partial charge in [-0.05, 0) is 49.5 Å². The van der Waals surface area contributed by atoms with Crippen LogP contribution in [0.5, 0.6) is 0 Å². The zero-order valence-electron chi connectivity index (χ0n) is 9.50. The minimum Gasteiger partial charge on any atom is -0.306 e. The van der Waals surface area contributed by atoms with E-state index in [1.54, 1.807) is 12.1 Å². The molecule has 0 aromatic heterocycles. The van der Waals surface area contributed by atoms with Gasteiger partial charge in [0.05, 0.1) is 0 Å². The molecule has 2 rings (SSSR count). The Bertz CT molecular complexity index is 338. The largest absolute Gasteiger partial charge is 0.306 e. The lowest BCUT2D eigenvalue weighted by Gasteiger charge is -2.36. The molecule has 1 saturated heterocycles. The molecule has 88 valence electrons. The highest BCUT2D eigenvalue weighted by Crippen LogP contribution is 2.33. The normalized spacial score (nSPS) is 26.9. The van der Waals surface area contributed by atoms with E-state index in [4.69, 9.17) is 0 Å². The van der Waals surface area contributed by atoms with Crippen molar-refractivity contribution in [3.63, 3.8) is 0 Å². The molecule has 16 heavy (non-hydrogen) atoms. The van der Waals surface area contributed by atoms with Gasteiger partial charge in [0, 0.05) is 11.9 Å². The SMILES string of the molecule is CN1CC[C@H](c2ccc(F)cc2)[C@@H](CBr)C1. The molecule has 0 amide bonds. The van der Waals surface area contributed by atoms with E-state index in [9.17, 15) is 4.39 Å². The Morgan fingerprint density at radius 3 is 2.69 bits per heavy atom. The van der Waals surface area contributed by atoms with E-state index in [0.717, 1.165) is 18.4 Å². The van der Waals surface area contributed by atoms with Crippen molar-refractivity contribution in [1.82, 2.24) is 4.90 Å². The van der Waals surface area contributed by atoms with Crippen LogP contribution in [0, 0.1) is 11.7 Å². The first-order valence-electron chi connectivity index (χ1n) is 5.70. The standard InChI is InChI=1S/C13H17BrFN/c1-16-7-6-13(11(8-14)9-16)10-2-4-12(15)5-3-10/h2-5,11,13H,6-9H2,1H3/t11-,13+/m0/s1. The number of likely N-dealkylation sites (tertiary alicyclic amines) is 1. The maximum absolute atomic E-state index is 12.9. The zero-order valence-corrected chi connectivity index (χ0v) is 11.1. The third-order valence-electron chi connectivity index (χ3n) is 3.43. The maximum atomic E-state index is 12.9. The number of benzene rings is 1. The lowest BCUT2D eigenvalue weighted by Crippen LogP contribution is -2.37. The molecule has 0 unspecified atom stereocenters. The molecule has 1 aromatic carbocycles. The second-order valence-corrected chi connectivity index (χ2v) is 5.27. The number of rotatable bonds is 2. The molecule has 1 heterocycles. The molecule has 0 spiro atoms. The fraction of sp³-hybridized carbons (Fsp3) is 0.538. The molecule has 2 atom stereocenters. The zero-order chi connectivity index (χ0) is 11.5. The van der Waals surface area contributed by atoms with Crippen molar-refractivity contribution in [1.29, 1.82) is 0 Å². The minimum absolute atomic E-state index is 0.146. The Labute approximate surface area is 105 Å². The molecule has 0 N–H and O–H groups in total. The van der Waals surface area contributed by atoms with Crippen LogP contribution in [0.3, 0.4) is 0 Å². The molecule has 3 heteroatoms. The summed E-state index contributed by atoms with van der Waals surface area (Å²) in [7, 11) is 2.16. The Hall–Kier alpha value is -0.410. The van der Waals surface area contributed by atoms with Gasteiger partial charge in [0.1, 0.15) is 5.82 Å². The lowest BCUT2D eigenvalue weighted by molar-refractivity contribution is 0.199. The van der Waals surface area contributed by atoms with Gasteiger partial charge in [0.15, 0.2) is 0 Å². The summed E-state index contributed by atoms with van der Waals surface area (Å²) >= 11 is 3.59. The van der Waals surface area contributed by atoms with Crippen LogP contribution < -0.4 is 0 Å². The molecule has 0 aliphatic carbocycles. The predicted octanol–water partition coefficient (Wildman–Crippen LogP) is 3.26. The first kappa shape index (κ1) is 12.1. The van der Waals surface area contributed by atoms with Gasteiger partial charge in [-0.2, -0.15) is 0 Å². The topological polar surface area (TPSA) is 3.24 Å². The van der Waals surface area contributed by atoms with Gasteiger partial charge in [0.2, 0.25) is 0 Å². The first-order chi connectivity index (χ1) is 7.70. The third kappa shape index (κ3) is 2.64. The molecular weight excluding hydrogens is 269 g/mol. The Kier molecular flexibility index (Phi) is 3.98. The Morgan fingerprint density at radius 1 is 1.38 bits per heavy atom. The summed E-state index contributed by atoms with van der Waals surface area (Å²) < 4.78 is 12.9. The third-order valence-corrected chi connectivity index (χ3v) is 4.27. The van der Waals surface area contributed by atoms with Crippen LogP contribution in [0.4, 0.5) is 4.39 Å². The summed E-state index contributed by atoms with van der Waals surface area (Å²) in [6.07, 6.45) is 1.17. The van der Waals surface area contributed by atoms with Crippen molar-refractivity contribution < 1.29 is 4.39 Å². The molecule has 0 saturated carbocycles. The van der Waals surface area contributed by atoms with Crippen molar-refractivity contribution >= 4 is 15.9 Å². The smallest absolute Gasteiger partial charge is 0.123 e. The summed E-state index contributed by atoms with van der Waals surface area (Å²) in [5, 5.41) is 1.01. The van der Waals surface area contributed by atoms with E-state index in [1.165, 1.54) is 12.0 Å². The van der Waals surface area contributed by atoms with Crippen molar-refractivity contribution in [2.45, 2.75) is 12.3 Å². The Morgan fingerprint density at radius 2 is 2.06 bits per heavy atom. The van der Waals surface area contributed by atoms with Crippen molar-refractivity contribution in [3.8, 4) is 0 Å². The molecule has 0 radical (unpaired) electrons. The van der Waals surface area contributed by atoms with Crippen LogP contribution in [-0.2, 0) is 0 Å². The van der Waals surface area contributed by atoms with Crippen LogP contribution in [-0.4, -0.2) is 30.4 Å². The number of alkyl halides is 1. The summed E-state index contributed by atoms with van der Waals surface area (Å²) in [6, 6.07) is 7.00. The number of hydrogen-bond donors (Lipinski definition) is 0. The van der Waals surface area contributed by atoms with Crippen molar-refractivity contribution in [2.75, 3.05) is 25.5 Å². The van der Waals surface area contributed by atoms with Crippen LogP contribution in [0.25, 0.3) is 0 Å². The summed E-state index contributed by atoms with van der Waals surface area (Å²) in [5.41, 5.74) is 1.28. The van der Waals surface area contributed by atoms with Gasteiger partial charge in [-0.15, -0.1) is 0 Å². The summed E-state index contributed by atoms with van der Waals surface area (Å²) in [4.78, 5) is 2.37. The lowest BCUT2D eigenvalue weighted by atomic mass is 9.82. The first-order valence-corrected chi connectivity index (χ1v) is 6.83. The average Bonchev–Trinajstić information content (AvgIpc) is 2.30. The molecule has 1 aromatic rings. The molecular formula is C13H17BrFN. The number of hydrogen-bond acceptors (Lipinski definition) is 1. The van der Waals surface area contributed by atoms with Crippen molar-refractivity contribution in [2.24, 2.45) is 5.92 Å². The van der Waals surface area contributed by atoms with Crippen LogP contribution in [0.2, 0.25) is 0 Å². The monoisotopic (exact) mass is 285 g/mol. The van der Waals surface area contributed by atoms with E-state index < -0.39 is 0 Å². The fourth-order valence-corrected chi connectivity index (χ4v) is 3.18. The second kappa shape index (κ2) is 5.28. The van der Waals surface area contributed by atoms with E-state index in [0.29, 0.717) is 11.8 Å². The van der Waals surface area contributed by atoms with Gasteiger partial charge in [-0.1, -0.05) is 28.1 Å². The highest BCUT2D eigenvalue weighted by atomic mass is 79.9. The molecule has 1 fully saturated rings. The summed E-state index contributed by atoms with van der Waals surface area (Å²) in [6.45, 7) is 2.25. The van der Waals surface area contributed by atoms with E-state index in [-0.39, 0.29) is 5.82 Å². The van der Waals surface area contributed by atoms with Crippen molar-refractivity contribution in [3.05, 3.63) is 35.6 Å².